The van der Waals surface area contributed by atoms with Gasteiger partial charge in [0, 0.05) is 17.8 Å². The molecule has 0 bridgehead atoms. The monoisotopic (exact) mass is 223 g/mol. The molecule has 1 unspecified atom stereocenters. The Labute approximate surface area is 88.7 Å². The van der Waals surface area contributed by atoms with Crippen LogP contribution in [-0.2, 0) is 11.0 Å². The van der Waals surface area contributed by atoms with Gasteiger partial charge in [-0.1, -0.05) is 6.07 Å². The molecule has 1 heterocycles. The number of hydrogen-bond donors (Lipinski definition) is 1. The fourth-order valence-corrected chi connectivity index (χ4v) is 2.13. The first-order valence-electron chi connectivity index (χ1n) is 4.28. The van der Waals surface area contributed by atoms with E-state index in [1.165, 1.54) is 12.1 Å². The Morgan fingerprint density at radius 1 is 1.40 bits per heavy atom. The summed E-state index contributed by atoms with van der Waals surface area (Å²) in [4.78, 5) is 10.8. The summed E-state index contributed by atoms with van der Waals surface area (Å²) in [6.07, 6.45) is 3.24. The number of nitrogens with zero attached hydrogens (tertiary/aromatic N) is 1. The van der Waals surface area contributed by atoms with E-state index in [2.05, 4.69) is 0 Å². The minimum atomic E-state index is -1.17. The second-order valence-corrected chi connectivity index (χ2v) is 4.39. The first-order chi connectivity index (χ1) is 7.09. The molecular formula is C10H9NO3S. The lowest BCUT2D eigenvalue weighted by atomic mass is 10.2. The summed E-state index contributed by atoms with van der Waals surface area (Å²) in [5.74, 6) is -0.980. The Bertz CT molecular complexity index is 559. The van der Waals surface area contributed by atoms with Gasteiger partial charge in [0.2, 0.25) is 0 Å². The smallest absolute Gasteiger partial charge is 0.335 e. The Kier molecular flexibility index (Phi) is 2.32. The van der Waals surface area contributed by atoms with Gasteiger partial charge in [0.1, 0.15) is 11.0 Å². The van der Waals surface area contributed by atoms with Gasteiger partial charge in [0.05, 0.1) is 11.1 Å². The number of carboxylic acids is 1. The van der Waals surface area contributed by atoms with Crippen LogP contribution in [0.25, 0.3) is 10.9 Å². The Balaban J connectivity index is 2.72. The Morgan fingerprint density at radius 2 is 2.13 bits per heavy atom. The molecule has 15 heavy (non-hydrogen) atoms. The van der Waals surface area contributed by atoms with Crippen LogP contribution < -0.4 is 0 Å². The van der Waals surface area contributed by atoms with E-state index in [-0.39, 0.29) is 5.56 Å². The molecule has 2 aromatic rings. The first kappa shape index (κ1) is 9.92. The number of aromatic carboxylic acids is 1. The van der Waals surface area contributed by atoms with Crippen LogP contribution in [0.3, 0.4) is 0 Å². The van der Waals surface area contributed by atoms with E-state index in [0.29, 0.717) is 5.52 Å². The number of carboxylic acid groups (broad SMARTS) is 1. The standard InChI is InChI=1S/C10H9NO3S/c1-15(14)11-5-4-7-2-3-8(10(12)13)6-9(7)11/h2-6H,1H3,(H,12,13). The third kappa shape index (κ3) is 1.66. The highest BCUT2D eigenvalue weighted by atomic mass is 32.2. The summed E-state index contributed by atoms with van der Waals surface area (Å²) in [6.45, 7) is 0. The van der Waals surface area contributed by atoms with Crippen LogP contribution in [-0.4, -0.2) is 25.5 Å². The van der Waals surface area contributed by atoms with Crippen molar-refractivity contribution >= 4 is 27.9 Å². The van der Waals surface area contributed by atoms with Gasteiger partial charge in [-0.15, -0.1) is 0 Å². The van der Waals surface area contributed by atoms with E-state index in [1.54, 1.807) is 22.5 Å². The minimum absolute atomic E-state index is 0.202. The minimum Gasteiger partial charge on any atom is -0.478 e. The summed E-state index contributed by atoms with van der Waals surface area (Å²) in [5.41, 5.74) is 0.878. The van der Waals surface area contributed by atoms with E-state index >= 15 is 0 Å². The predicted octanol–water partition coefficient (Wildman–Crippen LogP) is 1.48. The third-order valence-corrected chi connectivity index (χ3v) is 3.05. The quantitative estimate of drug-likeness (QED) is 0.838. The van der Waals surface area contributed by atoms with E-state index in [0.717, 1.165) is 5.39 Å². The number of hydrogen-bond acceptors (Lipinski definition) is 2. The van der Waals surface area contributed by atoms with Crippen molar-refractivity contribution in [2.45, 2.75) is 0 Å². The van der Waals surface area contributed by atoms with Crippen LogP contribution in [0.2, 0.25) is 0 Å². The summed E-state index contributed by atoms with van der Waals surface area (Å²) in [7, 11) is -1.17. The van der Waals surface area contributed by atoms with E-state index < -0.39 is 17.0 Å². The molecule has 0 aliphatic carbocycles. The zero-order valence-corrected chi connectivity index (χ0v) is 8.82. The molecule has 78 valence electrons. The second-order valence-electron chi connectivity index (χ2n) is 3.14. The fraction of sp³-hybridized carbons (Fsp3) is 0.100. The maximum Gasteiger partial charge on any atom is 0.335 e. The van der Waals surface area contributed by atoms with Gasteiger partial charge in [-0.05, 0) is 18.2 Å². The van der Waals surface area contributed by atoms with Gasteiger partial charge >= 0.3 is 5.97 Å². The van der Waals surface area contributed by atoms with Crippen LogP contribution in [0, 0.1) is 0 Å². The van der Waals surface area contributed by atoms with Gasteiger partial charge in [-0.3, -0.25) is 3.97 Å². The topological polar surface area (TPSA) is 59.3 Å². The van der Waals surface area contributed by atoms with E-state index in [1.807, 2.05) is 6.07 Å². The van der Waals surface area contributed by atoms with Crippen LogP contribution in [0.15, 0.2) is 30.5 Å². The van der Waals surface area contributed by atoms with Crippen molar-refractivity contribution < 1.29 is 14.1 Å². The van der Waals surface area contributed by atoms with Gasteiger partial charge < -0.3 is 5.11 Å². The summed E-state index contributed by atoms with van der Waals surface area (Å²) >= 11 is 0. The molecule has 1 aromatic heterocycles. The predicted molar refractivity (Wildman–Crippen MR) is 58.4 cm³/mol. The normalized spacial score (nSPS) is 12.9. The third-order valence-electron chi connectivity index (χ3n) is 2.18. The number of fused-ring (bicyclic) bond motifs is 1. The van der Waals surface area contributed by atoms with Crippen molar-refractivity contribution in [1.82, 2.24) is 3.97 Å². The number of carbonyl (C=O) groups is 1. The Morgan fingerprint density at radius 3 is 2.73 bits per heavy atom. The number of benzene rings is 1. The zero-order chi connectivity index (χ0) is 11.0. The summed E-state index contributed by atoms with van der Waals surface area (Å²) in [6, 6.07) is 6.58. The highest BCUT2D eigenvalue weighted by molar-refractivity contribution is 7.82. The van der Waals surface area contributed by atoms with Crippen molar-refractivity contribution in [3.63, 3.8) is 0 Å². The molecule has 0 saturated heterocycles. The second kappa shape index (κ2) is 3.51. The molecule has 0 amide bonds. The molecule has 0 radical (unpaired) electrons. The highest BCUT2D eigenvalue weighted by Gasteiger charge is 2.07. The maximum atomic E-state index is 11.3. The summed E-state index contributed by atoms with van der Waals surface area (Å²) in [5, 5.41) is 9.71. The van der Waals surface area contributed by atoms with Gasteiger partial charge in [0.25, 0.3) is 0 Å². The molecule has 2 rings (SSSR count). The highest BCUT2D eigenvalue weighted by Crippen LogP contribution is 2.18. The number of rotatable bonds is 2. The molecule has 5 heteroatoms. The maximum absolute atomic E-state index is 11.3. The summed E-state index contributed by atoms with van der Waals surface area (Å²) < 4.78 is 12.9. The molecular weight excluding hydrogens is 214 g/mol. The van der Waals surface area contributed by atoms with Crippen molar-refractivity contribution in [3.05, 3.63) is 36.0 Å². The van der Waals surface area contributed by atoms with Crippen molar-refractivity contribution in [3.8, 4) is 0 Å². The zero-order valence-electron chi connectivity index (χ0n) is 8.01. The van der Waals surface area contributed by atoms with Gasteiger partial charge in [-0.2, -0.15) is 0 Å². The molecule has 1 aromatic carbocycles. The molecule has 0 aliphatic rings. The average Bonchev–Trinajstić information content (AvgIpc) is 2.59. The molecule has 0 aliphatic heterocycles. The number of aromatic nitrogens is 1. The lowest BCUT2D eigenvalue weighted by Gasteiger charge is -2.00. The van der Waals surface area contributed by atoms with Crippen LogP contribution >= 0.6 is 0 Å². The first-order valence-corrected chi connectivity index (χ1v) is 5.79. The van der Waals surface area contributed by atoms with Gasteiger partial charge in [0.15, 0.2) is 0 Å². The molecule has 0 saturated carbocycles. The largest absolute Gasteiger partial charge is 0.478 e. The molecule has 4 nitrogen and oxygen atoms in total. The van der Waals surface area contributed by atoms with Crippen molar-refractivity contribution in [1.29, 1.82) is 0 Å². The van der Waals surface area contributed by atoms with Crippen LogP contribution in [0.5, 0.6) is 0 Å². The Hall–Kier alpha value is -1.62. The average molecular weight is 223 g/mol. The lowest BCUT2D eigenvalue weighted by Crippen LogP contribution is -2.01. The SMILES string of the molecule is CS(=O)n1ccc2ccc(C(=O)O)cc21. The lowest BCUT2D eigenvalue weighted by molar-refractivity contribution is 0.0697. The van der Waals surface area contributed by atoms with Crippen molar-refractivity contribution in [2.24, 2.45) is 0 Å². The van der Waals surface area contributed by atoms with E-state index in [9.17, 15) is 9.00 Å². The molecule has 0 spiro atoms. The van der Waals surface area contributed by atoms with Crippen molar-refractivity contribution in [2.75, 3.05) is 6.26 Å². The van der Waals surface area contributed by atoms with Crippen LogP contribution in [0.1, 0.15) is 10.4 Å². The van der Waals surface area contributed by atoms with E-state index in [4.69, 9.17) is 5.11 Å². The van der Waals surface area contributed by atoms with Crippen LogP contribution in [0.4, 0.5) is 0 Å². The van der Waals surface area contributed by atoms with Gasteiger partial charge in [-0.25, -0.2) is 9.00 Å². The molecule has 1 atom stereocenters. The molecule has 1 N–H and O–H groups in total. The fourth-order valence-electron chi connectivity index (χ4n) is 1.46. The molecule has 0 fully saturated rings.